The van der Waals surface area contributed by atoms with Gasteiger partial charge in [0, 0.05) is 17.2 Å². The Morgan fingerprint density at radius 3 is 1.97 bits per heavy atom. The van der Waals surface area contributed by atoms with Gasteiger partial charge < -0.3 is 9.47 Å². The van der Waals surface area contributed by atoms with E-state index in [1.165, 1.54) is 27.8 Å². The van der Waals surface area contributed by atoms with Gasteiger partial charge in [0.2, 0.25) is 0 Å². The van der Waals surface area contributed by atoms with Crippen LogP contribution in [-0.2, 0) is 0 Å². The molecule has 2 aliphatic heterocycles. The molecular weight excluding hydrogens is 453 g/mol. The number of pyridine rings is 1. The number of rotatable bonds is 2. The summed E-state index contributed by atoms with van der Waals surface area (Å²) in [6, 6.07) is 27.5. The van der Waals surface area contributed by atoms with Crippen molar-refractivity contribution in [3.05, 3.63) is 107 Å². The molecule has 0 fully saturated rings. The molecule has 0 unspecified atom stereocenters. The first-order valence-electron chi connectivity index (χ1n) is 12.8. The maximum atomic E-state index is 6.64. The largest absolute Gasteiger partial charge is 0.458 e. The van der Waals surface area contributed by atoms with Crippen LogP contribution in [0.3, 0.4) is 0 Å². The number of nitrogens with zero attached hydrogens (tertiary/aromatic N) is 1. The minimum absolute atomic E-state index is 0.0476. The van der Waals surface area contributed by atoms with Gasteiger partial charge >= 0.3 is 0 Å². The van der Waals surface area contributed by atoms with Gasteiger partial charge in [-0.1, -0.05) is 54.1 Å². The summed E-state index contributed by atoms with van der Waals surface area (Å²) in [5.74, 6) is 3.45. The van der Waals surface area contributed by atoms with E-state index in [9.17, 15) is 0 Å². The van der Waals surface area contributed by atoms with Crippen LogP contribution in [0.2, 0.25) is 0 Å². The molecule has 0 aliphatic carbocycles. The highest BCUT2D eigenvalue weighted by Crippen LogP contribution is 2.41. The maximum Gasteiger partial charge on any atom is 0.260 e. The Bertz CT molecular complexity index is 1710. The second-order valence-corrected chi connectivity index (χ2v) is 10.2. The van der Waals surface area contributed by atoms with Crippen molar-refractivity contribution in [1.82, 2.24) is 4.98 Å². The molecule has 37 heavy (non-hydrogen) atoms. The van der Waals surface area contributed by atoms with E-state index in [2.05, 4.69) is 88.4 Å². The van der Waals surface area contributed by atoms with Crippen molar-refractivity contribution >= 4 is 23.1 Å². The predicted octanol–water partition coefficient (Wildman–Crippen LogP) is 6.38. The van der Waals surface area contributed by atoms with Crippen LogP contribution < -0.4 is 25.9 Å². The Labute approximate surface area is 217 Å². The lowest BCUT2D eigenvalue weighted by molar-refractivity contribution is 0.465. The van der Waals surface area contributed by atoms with Crippen molar-refractivity contribution in [1.29, 1.82) is 0 Å². The third-order valence-corrected chi connectivity index (χ3v) is 7.66. The minimum Gasteiger partial charge on any atom is -0.458 e. The molecule has 0 amide bonds. The molecule has 0 saturated heterocycles. The molecule has 3 nitrogen and oxygen atoms in total. The van der Waals surface area contributed by atoms with Crippen LogP contribution in [0.4, 0.5) is 0 Å². The topological polar surface area (TPSA) is 31.4 Å². The quantitative estimate of drug-likeness (QED) is 0.270. The van der Waals surface area contributed by atoms with Gasteiger partial charge in [0.05, 0.1) is 5.69 Å². The van der Waals surface area contributed by atoms with Crippen LogP contribution in [0.5, 0.6) is 23.0 Å². The van der Waals surface area contributed by atoms with E-state index in [1.807, 2.05) is 24.4 Å². The van der Waals surface area contributed by atoms with Gasteiger partial charge in [0.1, 0.15) is 23.0 Å². The molecule has 178 valence electrons. The fraction of sp³-hybridized carbons (Fsp3) is 0.121. The monoisotopic (exact) mass is 479 g/mol. The SMILES string of the molecule is Cc1cc(C)c(-c2cc(-c3ccc4c5c3Oc3ccccc3B5c3ccccc3O4)ncc2C)c(C)c1. The number of ether oxygens (including phenoxy) is 2. The molecule has 0 saturated carbocycles. The van der Waals surface area contributed by atoms with Gasteiger partial charge in [-0.15, -0.1) is 0 Å². The van der Waals surface area contributed by atoms with Gasteiger partial charge in [0.25, 0.3) is 6.71 Å². The summed E-state index contributed by atoms with van der Waals surface area (Å²) < 4.78 is 13.0. The minimum atomic E-state index is 0.0476. The molecule has 4 heteroatoms. The Kier molecular flexibility index (Phi) is 4.81. The van der Waals surface area contributed by atoms with Crippen LogP contribution in [-0.4, -0.2) is 11.7 Å². The van der Waals surface area contributed by atoms with Gasteiger partial charge in [-0.2, -0.15) is 0 Å². The van der Waals surface area contributed by atoms with E-state index in [4.69, 9.17) is 14.5 Å². The highest BCUT2D eigenvalue weighted by atomic mass is 16.5. The third-order valence-electron chi connectivity index (χ3n) is 7.66. The predicted molar refractivity (Wildman–Crippen MR) is 152 cm³/mol. The first-order valence-corrected chi connectivity index (χ1v) is 12.8. The Morgan fingerprint density at radius 2 is 1.27 bits per heavy atom. The maximum absolute atomic E-state index is 6.64. The van der Waals surface area contributed by atoms with E-state index in [1.54, 1.807) is 0 Å². The van der Waals surface area contributed by atoms with Gasteiger partial charge in [-0.25, -0.2) is 0 Å². The number of aromatic nitrogens is 1. The van der Waals surface area contributed by atoms with Crippen molar-refractivity contribution in [2.45, 2.75) is 27.7 Å². The number of aryl methyl sites for hydroxylation is 4. The fourth-order valence-corrected chi connectivity index (χ4v) is 6.13. The van der Waals surface area contributed by atoms with Crippen molar-refractivity contribution in [2.75, 3.05) is 0 Å². The number of hydrogen-bond donors (Lipinski definition) is 0. The van der Waals surface area contributed by atoms with Gasteiger partial charge in [0.15, 0.2) is 0 Å². The van der Waals surface area contributed by atoms with E-state index in [0.717, 1.165) is 56.2 Å². The molecule has 1 aromatic heterocycles. The number of fused-ring (bicyclic) bond motifs is 4. The lowest BCUT2D eigenvalue weighted by Gasteiger charge is -2.33. The highest BCUT2D eigenvalue weighted by Gasteiger charge is 2.41. The average molecular weight is 479 g/mol. The Morgan fingerprint density at radius 1 is 0.622 bits per heavy atom. The second-order valence-electron chi connectivity index (χ2n) is 10.2. The second kappa shape index (κ2) is 8.11. The third kappa shape index (κ3) is 3.32. The molecule has 5 aromatic rings. The van der Waals surface area contributed by atoms with Crippen LogP contribution in [0.25, 0.3) is 22.4 Å². The number of hydrogen-bond acceptors (Lipinski definition) is 3. The molecule has 0 N–H and O–H groups in total. The summed E-state index contributed by atoms with van der Waals surface area (Å²) in [4.78, 5) is 4.90. The standard InChI is InChI=1S/C33H26BNO2/c1-19-15-20(2)31(21(3)16-19)24-17-27(35-18-22(24)4)23-13-14-30-32-33(23)37-29-12-8-6-10-26(29)34(32)25-9-5-7-11-28(25)36-30/h5-18H,1-4H3. The van der Waals surface area contributed by atoms with Crippen molar-refractivity contribution in [3.63, 3.8) is 0 Å². The molecular formula is C33H26BNO2. The molecule has 3 heterocycles. The Hall–Kier alpha value is -4.31. The van der Waals surface area contributed by atoms with Crippen molar-refractivity contribution in [2.24, 2.45) is 0 Å². The van der Waals surface area contributed by atoms with Crippen LogP contribution in [0.1, 0.15) is 22.3 Å². The molecule has 7 rings (SSSR count). The molecule has 4 aromatic carbocycles. The summed E-state index contributed by atoms with van der Waals surface area (Å²) >= 11 is 0. The number of benzene rings is 4. The summed E-state index contributed by atoms with van der Waals surface area (Å²) in [7, 11) is 0. The van der Waals surface area contributed by atoms with Crippen LogP contribution in [0, 0.1) is 27.7 Å². The summed E-state index contributed by atoms with van der Waals surface area (Å²) in [5.41, 5.74) is 12.7. The zero-order valence-corrected chi connectivity index (χ0v) is 21.4. The normalized spacial score (nSPS) is 12.7. The van der Waals surface area contributed by atoms with Gasteiger partial charge in [-0.3, -0.25) is 4.98 Å². The van der Waals surface area contributed by atoms with Crippen LogP contribution in [0.15, 0.2) is 85.1 Å². The van der Waals surface area contributed by atoms with E-state index in [-0.39, 0.29) is 6.71 Å². The zero-order chi connectivity index (χ0) is 25.3. The number of para-hydroxylation sites is 2. The molecule has 0 radical (unpaired) electrons. The summed E-state index contributed by atoms with van der Waals surface area (Å²) in [5, 5.41) is 0. The van der Waals surface area contributed by atoms with E-state index < -0.39 is 0 Å². The smallest absolute Gasteiger partial charge is 0.260 e. The first kappa shape index (κ1) is 21.9. The zero-order valence-electron chi connectivity index (χ0n) is 21.4. The average Bonchev–Trinajstić information content (AvgIpc) is 2.89. The summed E-state index contributed by atoms with van der Waals surface area (Å²) in [6.45, 7) is 8.72. The summed E-state index contributed by atoms with van der Waals surface area (Å²) in [6.07, 6.45) is 1.98. The highest BCUT2D eigenvalue weighted by molar-refractivity contribution is 6.98. The Balaban J connectivity index is 1.46. The van der Waals surface area contributed by atoms with E-state index >= 15 is 0 Å². The lowest BCUT2D eigenvalue weighted by atomic mass is 9.34. The van der Waals surface area contributed by atoms with Crippen LogP contribution >= 0.6 is 0 Å². The van der Waals surface area contributed by atoms with Crippen molar-refractivity contribution < 1.29 is 9.47 Å². The molecule has 2 aliphatic rings. The lowest BCUT2D eigenvalue weighted by Crippen LogP contribution is -2.57. The first-order chi connectivity index (χ1) is 18.0. The molecule has 0 atom stereocenters. The molecule has 0 spiro atoms. The van der Waals surface area contributed by atoms with Crippen molar-refractivity contribution in [3.8, 4) is 45.4 Å². The molecule has 0 bridgehead atoms. The van der Waals surface area contributed by atoms with Gasteiger partial charge in [-0.05, 0) is 96.8 Å². The fourth-order valence-electron chi connectivity index (χ4n) is 6.13. The van der Waals surface area contributed by atoms with E-state index in [0.29, 0.717) is 0 Å².